The second kappa shape index (κ2) is 8.31. The Balaban J connectivity index is 1.23. The summed E-state index contributed by atoms with van der Waals surface area (Å²) in [5, 5.41) is 10.2. The fraction of sp³-hybridized carbons (Fsp3) is 0.462. The predicted octanol–water partition coefficient (Wildman–Crippen LogP) is 3.79. The van der Waals surface area contributed by atoms with Crippen molar-refractivity contribution in [2.45, 2.75) is 38.8 Å². The minimum atomic E-state index is 0.360. The Hall–Kier alpha value is -2.97. The number of hydrogen-bond donors (Lipinski definition) is 0. The molecule has 0 N–H and O–H groups in total. The molecule has 0 radical (unpaired) electrons. The van der Waals surface area contributed by atoms with E-state index < -0.39 is 0 Å². The van der Waals surface area contributed by atoms with Crippen LogP contribution in [-0.4, -0.2) is 68.3 Å². The molecule has 1 saturated heterocycles. The Bertz CT molecular complexity index is 1280. The molecule has 182 valence electrons. The molecule has 0 amide bonds. The standard InChI is InChI=1S/C26H31ClN8/c1-17(32(3)4)12-33-13-19-9-21(27)5-6-22(19)35-24(14-33)30-31-25(35)20-10-26(11-20)15-34(16-26)23-7-8-28-18(2)29-23/h5-9,20H,1,10-16H2,2-4H3. The lowest BCUT2D eigenvalue weighted by Gasteiger charge is -2.59. The van der Waals surface area contributed by atoms with E-state index in [2.05, 4.69) is 53.0 Å². The first-order valence-electron chi connectivity index (χ1n) is 12.2. The molecule has 0 bridgehead atoms. The van der Waals surface area contributed by atoms with E-state index in [1.807, 2.05) is 39.3 Å². The van der Waals surface area contributed by atoms with Crippen molar-refractivity contribution in [3.63, 3.8) is 0 Å². The van der Waals surface area contributed by atoms with Crippen LogP contribution in [0.5, 0.6) is 0 Å². The van der Waals surface area contributed by atoms with Crippen LogP contribution in [-0.2, 0) is 13.1 Å². The molecule has 9 heteroatoms. The number of fused-ring (bicyclic) bond motifs is 3. The van der Waals surface area contributed by atoms with Crippen LogP contribution in [0.25, 0.3) is 5.69 Å². The van der Waals surface area contributed by atoms with Crippen molar-refractivity contribution < 1.29 is 0 Å². The zero-order valence-electron chi connectivity index (χ0n) is 20.6. The highest BCUT2D eigenvalue weighted by atomic mass is 35.5. The maximum Gasteiger partial charge on any atom is 0.151 e. The Kier molecular flexibility index (Phi) is 5.34. The number of anilines is 1. The van der Waals surface area contributed by atoms with E-state index in [1.54, 1.807) is 0 Å². The molecule has 8 nitrogen and oxygen atoms in total. The van der Waals surface area contributed by atoms with Crippen molar-refractivity contribution in [1.29, 1.82) is 0 Å². The zero-order valence-corrected chi connectivity index (χ0v) is 21.3. The average molecular weight is 491 g/mol. The number of benzene rings is 1. The van der Waals surface area contributed by atoms with Crippen LogP contribution in [0.4, 0.5) is 5.82 Å². The van der Waals surface area contributed by atoms with E-state index >= 15 is 0 Å². The smallest absolute Gasteiger partial charge is 0.151 e. The van der Waals surface area contributed by atoms with E-state index in [1.165, 1.54) is 5.56 Å². The predicted molar refractivity (Wildman–Crippen MR) is 137 cm³/mol. The van der Waals surface area contributed by atoms with Crippen molar-refractivity contribution in [1.82, 2.24) is 34.5 Å². The number of hydrogen-bond acceptors (Lipinski definition) is 7. The van der Waals surface area contributed by atoms with Crippen molar-refractivity contribution >= 4 is 17.4 Å². The minimum absolute atomic E-state index is 0.360. The molecule has 3 aromatic rings. The molecule has 3 aliphatic rings. The van der Waals surface area contributed by atoms with Gasteiger partial charge in [0.1, 0.15) is 17.5 Å². The molecule has 4 heterocycles. The van der Waals surface area contributed by atoms with Crippen LogP contribution in [0.3, 0.4) is 0 Å². The Labute approximate surface area is 211 Å². The van der Waals surface area contributed by atoms with Crippen molar-refractivity contribution in [2.24, 2.45) is 5.41 Å². The van der Waals surface area contributed by atoms with Gasteiger partial charge in [-0.25, -0.2) is 9.97 Å². The van der Waals surface area contributed by atoms with E-state index in [0.29, 0.717) is 11.3 Å². The number of nitrogens with zero attached hydrogens (tertiary/aromatic N) is 8. The summed E-state index contributed by atoms with van der Waals surface area (Å²) in [6, 6.07) is 8.18. The Morgan fingerprint density at radius 3 is 2.71 bits per heavy atom. The lowest BCUT2D eigenvalue weighted by atomic mass is 9.57. The van der Waals surface area contributed by atoms with Crippen LogP contribution < -0.4 is 4.90 Å². The third kappa shape index (κ3) is 3.98. The van der Waals surface area contributed by atoms with E-state index in [0.717, 1.165) is 85.3 Å². The highest BCUT2D eigenvalue weighted by molar-refractivity contribution is 6.30. The van der Waals surface area contributed by atoms with Gasteiger partial charge in [-0.3, -0.25) is 9.47 Å². The molecular weight excluding hydrogens is 460 g/mol. The molecule has 6 rings (SSSR count). The summed E-state index contributed by atoms with van der Waals surface area (Å²) >= 11 is 6.41. The average Bonchev–Trinajstić information content (AvgIpc) is 3.08. The van der Waals surface area contributed by atoms with Gasteiger partial charge in [0.25, 0.3) is 0 Å². The highest BCUT2D eigenvalue weighted by Gasteiger charge is 2.54. The fourth-order valence-electron chi connectivity index (χ4n) is 5.84. The van der Waals surface area contributed by atoms with Gasteiger partial charge in [0.15, 0.2) is 5.82 Å². The number of likely N-dealkylation sites (N-methyl/N-ethyl adjacent to an activating group) is 1. The third-order valence-corrected chi connectivity index (χ3v) is 7.93. The molecule has 0 unspecified atom stereocenters. The summed E-state index contributed by atoms with van der Waals surface area (Å²) in [6.07, 6.45) is 4.12. The molecule has 1 aromatic carbocycles. The van der Waals surface area contributed by atoms with Gasteiger partial charge in [-0.15, -0.1) is 10.2 Å². The molecule has 1 spiro atoms. The van der Waals surface area contributed by atoms with Gasteiger partial charge in [-0.05, 0) is 49.6 Å². The molecule has 1 saturated carbocycles. The maximum atomic E-state index is 6.41. The second-order valence-corrected chi connectivity index (χ2v) is 11.0. The summed E-state index contributed by atoms with van der Waals surface area (Å²) in [5.41, 5.74) is 3.77. The fourth-order valence-corrected chi connectivity index (χ4v) is 6.03. The molecule has 2 aromatic heterocycles. The van der Waals surface area contributed by atoms with Gasteiger partial charge in [-0.1, -0.05) is 18.2 Å². The van der Waals surface area contributed by atoms with Gasteiger partial charge in [0.05, 0.1) is 12.2 Å². The van der Waals surface area contributed by atoms with Crippen molar-refractivity contribution in [3.05, 3.63) is 70.8 Å². The van der Waals surface area contributed by atoms with E-state index in [-0.39, 0.29) is 0 Å². The van der Waals surface area contributed by atoms with Gasteiger partial charge in [-0.2, -0.15) is 0 Å². The van der Waals surface area contributed by atoms with E-state index in [4.69, 9.17) is 16.7 Å². The number of aromatic nitrogens is 5. The van der Waals surface area contributed by atoms with Gasteiger partial charge in [0.2, 0.25) is 0 Å². The van der Waals surface area contributed by atoms with Crippen LogP contribution in [0.1, 0.15) is 41.8 Å². The van der Waals surface area contributed by atoms with Crippen molar-refractivity contribution in [3.8, 4) is 5.69 Å². The van der Waals surface area contributed by atoms with Gasteiger partial charge < -0.3 is 9.80 Å². The first-order chi connectivity index (χ1) is 16.8. The number of rotatable bonds is 5. The molecule has 0 atom stereocenters. The molecule has 35 heavy (non-hydrogen) atoms. The molecular formula is C26H31ClN8. The summed E-state index contributed by atoms with van der Waals surface area (Å²) in [6.45, 7) is 10.6. The van der Waals surface area contributed by atoms with Crippen molar-refractivity contribution in [2.75, 3.05) is 38.6 Å². The van der Waals surface area contributed by atoms with Crippen LogP contribution in [0.15, 0.2) is 42.7 Å². The second-order valence-electron chi connectivity index (χ2n) is 10.6. The maximum absolute atomic E-state index is 6.41. The summed E-state index contributed by atoms with van der Waals surface area (Å²) in [5.74, 6) is 4.34. The molecule has 2 fully saturated rings. The first kappa shape index (κ1) is 22.5. The highest BCUT2D eigenvalue weighted by Crippen LogP contribution is 2.56. The summed E-state index contributed by atoms with van der Waals surface area (Å²) < 4.78 is 2.30. The SMILES string of the molecule is C=C(CN1Cc2cc(Cl)ccc2-n2c(nnc2C2CC3(C2)CN(c2ccnc(C)n2)C3)C1)N(C)C. The summed E-state index contributed by atoms with van der Waals surface area (Å²) in [4.78, 5) is 15.6. The normalized spacial score (nSPS) is 18.9. The number of halogens is 1. The van der Waals surface area contributed by atoms with E-state index in [9.17, 15) is 0 Å². The third-order valence-electron chi connectivity index (χ3n) is 7.70. The lowest BCUT2D eigenvalue weighted by Crippen LogP contribution is -2.62. The first-order valence-corrected chi connectivity index (χ1v) is 12.5. The Morgan fingerprint density at radius 2 is 1.97 bits per heavy atom. The van der Waals surface area contributed by atoms with Crippen LogP contribution in [0, 0.1) is 12.3 Å². The Morgan fingerprint density at radius 1 is 1.17 bits per heavy atom. The molecule has 2 aliphatic heterocycles. The van der Waals surface area contributed by atoms with Gasteiger partial charge in [0, 0.05) is 68.5 Å². The van der Waals surface area contributed by atoms with Crippen LogP contribution >= 0.6 is 11.6 Å². The minimum Gasteiger partial charge on any atom is -0.380 e. The van der Waals surface area contributed by atoms with Gasteiger partial charge >= 0.3 is 0 Å². The largest absolute Gasteiger partial charge is 0.380 e. The molecule has 1 aliphatic carbocycles. The number of aryl methyl sites for hydroxylation is 1. The zero-order chi connectivity index (χ0) is 24.3. The monoisotopic (exact) mass is 490 g/mol. The van der Waals surface area contributed by atoms with Crippen LogP contribution in [0.2, 0.25) is 5.02 Å². The quantitative estimate of drug-likeness (QED) is 0.539. The summed E-state index contributed by atoms with van der Waals surface area (Å²) in [7, 11) is 4.07. The lowest BCUT2D eigenvalue weighted by molar-refractivity contribution is 0.0581. The topological polar surface area (TPSA) is 66.2 Å².